The van der Waals surface area contributed by atoms with Gasteiger partial charge in [0.2, 0.25) is 11.8 Å². The topological polar surface area (TPSA) is 76.1 Å². The van der Waals surface area contributed by atoms with E-state index in [1.165, 1.54) is 6.20 Å². The van der Waals surface area contributed by atoms with E-state index in [0.29, 0.717) is 36.0 Å². The van der Waals surface area contributed by atoms with Crippen LogP contribution in [0.2, 0.25) is 0 Å². The zero-order valence-corrected chi connectivity index (χ0v) is 17.9. The molecule has 1 N–H and O–H groups in total. The van der Waals surface area contributed by atoms with Crippen molar-refractivity contribution < 1.29 is 17.9 Å². The van der Waals surface area contributed by atoms with Crippen molar-refractivity contribution in [3.63, 3.8) is 0 Å². The van der Waals surface area contributed by atoms with Gasteiger partial charge in [0, 0.05) is 32.4 Å². The second-order valence-electron chi connectivity index (χ2n) is 7.23. The first kappa shape index (κ1) is 20.8. The van der Waals surface area contributed by atoms with Gasteiger partial charge >= 0.3 is 6.18 Å². The summed E-state index contributed by atoms with van der Waals surface area (Å²) >= 11 is 1.10. The van der Waals surface area contributed by atoms with Crippen LogP contribution in [0, 0.1) is 0 Å². The first-order valence-corrected chi connectivity index (χ1v) is 11.0. The molecule has 4 aromatic rings. The Morgan fingerprint density at radius 1 is 1.12 bits per heavy atom. The smallest absolute Gasteiger partial charge is 0.417 e. The molecule has 1 saturated heterocycles. The number of thiophene rings is 1. The number of fused-ring (bicyclic) bond motifs is 3. The van der Waals surface area contributed by atoms with Gasteiger partial charge in [0.05, 0.1) is 28.9 Å². The van der Waals surface area contributed by atoms with Crippen LogP contribution in [0.25, 0.3) is 31.8 Å². The van der Waals surface area contributed by atoms with Crippen LogP contribution in [0.3, 0.4) is 0 Å². The fourth-order valence-electron chi connectivity index (χ4n) is 3.71. The van der Waals surface area contributed by atoms with Gasteiger partial charge in [-0.2, -0.15) is 18.2 Å². The number of hydrogen-bond donors (Lipinski definition) is 1. The zero-order valence-electron chi connectivity index (χ0n) is 17.1. The summed E-state index contributed by atoms with van der Waals surface area (Å²) in [7, 11) is 0. The molecule has 7 nitrogen and oxygen atoms in total. The van der Waals surface area contributed by atoms with Crippen LogP contribution in [0.15, 0.2) is 30.5 Å². The predicted molar refractivity (Wildman–Crippen MR) is 117 cm³/mol. The molecular weight excluding hydrogens is 441 g/mol. The average molecular weight is 460 g/mol. The Hall–Kier alpha value is -3.05. The summed E-state index contributed by atoms with van der Waals surface area (Å²) in [6.07, 6.45) is -3.07. The van der Waals surface area contributed by atoms with Crippen molar-refractivity contribution in [2.75, 3.05) is 37.7 Å². The summed E-state index contributed by atoms with van der Waals surface area (Å²) in [6, 6.07) is 6.10. The highest BCUT2D eigenvalue weighted by molar-refractivity contribution is 7.25. The van der Waals surface area contributed by atoms with Crippen LogP contribution in [0.1, 0.15) is 12.5 Å². The van der Waals surface area contributed by atoms with E-state index < -0.39 is 11.7 Å². The van der Waals surface area contributed by atoms with Gasteiger partial charge in [-0.05, 0) is 25.1 Å². The molecule has 0 unspecified atom stereocenters. The van der Waals surface area contributed by atoms with E-state index in [2.05, 4.69) is 25.3 Å². The molecule has 0 aromatic carbocycles. The van der Waals surface area contributed by atoms with Crippen LogP contribution in [-0.4, -0.2) is 52.7 Å². The van der Waals surface area contributed by atoms with Gasteiger partial charge in [-0.3, -0.25) is 4.98 Å². The maximum absolute atomic E-state index is 14.2. The second kappa shape index (κ2) is 8.14. The summed E-state index contributed by atoms with van der Waals surface area (Å²) in [5.41, 5.74) is -0.0496. The zero-order chi connectivity index (χ0) is 22.3. The van der Waals surface area contributed by atoms with Crippen molar-refractivity contribution in [2.24, 2.45) is 0 Å². The van der Waals surface area contributed by atoms with Gasteiger partial charge in [-0.1, -0.05) is 6.07 Å². The Labute approximate surface area is 185 Å². The number of nitrogens with zero attached hydrogens (tertiary/aromatic N) is 5. The van der Waals surface area contributed by atoms with Gasteiger partial charge < -0.3 is 15.0 Å². The molecular formula is C21H19F3N6OS. The van der Waals surface area contributed by atoms with Crippen LogP contribution < -0.4 is 15.0 Å². The van der Waals surface area contributed by atoms with E-state index in [9.17, 15) is 13.2 Å². The van der Waals surface area contributed by atoms with E-state index >= 15 is 0 Å². The van der Waals surface area contributed by atoms with Crippen LogP contribution in [0.5, 0.6) is 5.88 Å². The molecule has 1 aliphatic rings. The molecule has 0 saturated carbocycles. The highest BCUT2D eigenvalue weighted by Gasteiger charge is 2.36. The van der Waals surface area contributed by atoms with Gasteiger partial charge in [0.15, 0.2) is 0 Å². The average Bonchev–Trinajstić information content (AvgIpc) is 3.18. The van der Waals surface area contributed by atoms with Gasteiger partial charge in [0.25, 0.3) is 0 Å². The summed E-state index contributed by atoms with van der Waals surface area (Å²) in [6.45, 7) is 4.96. The third-order valence-electron chi connectivity index (χ3n) is 5.16. The predicted octanol–water partition coefficient (Wildman–Crippen LogP) is 4.13. The lowest BCUT2D eigenvalue weighted by molar-refractivity contribution is -0.136. The number of alkyl halides is 3. The van der Waals surface area contributed by atoms with Crippen molar-refractivity contribution in [1.29, 1.82) is 0 Å². The summed E-state index contributed by atoms with van der Waals surface area (Å²) in [5, 5.41) is 3.22. The highest BCUT2D eigenvalue weighted by atomic mass is 32.1. The Bertz CT molecular complexity index is 1270. The molecule has 4 aromatic heterocycles. The molecule has 5 rings (SSSR count). The number of ether oxygens (including phenoxy) is 1. The summed E-state index contributed by atoms with van der Waals surface area (Å²) in [5.74, 6) is 0.644. The van der Waals surface area contributed by atoms with Crippen LogP contribution in [0.4, 0.5) is 19.1 Å². The van der Waals surface area contributed by atoms with E-state index in [1.807, 2.05) is 11.8 Å². The third-order valence-corrected chi connectivity index (χ3v) is 6.22. The molecule has 0 atom stereocenters. The Morgan fingerprint density at radius 2 is 1.94 bits per heavy atom. The van der Waals surface area contributed by atoms with E-state index in [4.69, 9.17) is 4.74 Å². The Kier molecular flexibility index (Phi) is 5.30. The molecule has 5 heterocycles. The van der Waals surface area contributed by atoms with Crippen molar-refractivity contribution in [3.8, 4) is 17.3 Å². The molecule has 1 aliphatic heterocycles. The molecule has 0 spiro atoms. The van der Waals surface area contributed by atoms with Crippen LogP contribution in [-0.2, 0) is 6.18 Å². The number of aromatic nitrogens is 4. The minimum Gasteiger partial charge on any atom is -0.477 e. The van der Waals surface area contributed by atoms with Crippen LogP contribution >= 0.6 is 11.3 Å². The molecule has 0 radical (unpaired) electrons. The van der Waals surface area contributed by atoms with E-state index in [1.54, 1.807) is 18.2 Å². The first-order chi connectivity index (χ1) is 15.5. The quantitative estimate of drug-likeness (QED) is 0.491. The molecule has 166 valence electrons. The number of anilines is 1. The lowest BCUT2D eigenvalue weighted by Crippen LogP contribution is -2.44. The van der Waals surface area contributed by atoms with Crippen molar-refractivity contribution in [3.05, 3.63) is 36.0 Å². The number of piperazine rings is 1. The fourth-order valence-corrected chi connectivity index (χ4v) is 4.79. The molecule has 0 aliphatic carbocycles. The van der Waals surface area contributed by atoms with E-state index in [-0.39, 0.29) is 27.3 Å². The number of rotatable bonds is 4. The van der Waals surface area contributed by atoms with Crippen molar-refractivity contribution in [2.45, 2.75) is 13.1 Å². The monoisotopic (exact) mass is 460 g/mol. The minimum atomic E-state index is -4.59. The molecule has 1 fully saturated rings. The molecule has 0 amide bonds. The maximum Gasteiger partial charge on any atom is 0.417 e. The van der Waals surface area contributed by atoms with Gasteiger partial charge in [-0.25, -0.2) is 9.97 Å². The molecule has 0 bridgehead atoms. The molecule has 32 heavy (non-hydrogen) atoms. The lowest BCUT2D eigenvalue weighted by Gasteiger charge is -2.27. The Morgan fingerprint density at radius 3 is 2.62 bits per heavy atom. The number of halogens is 3. The molecule has 11 heteroatoms. The lowest BCUT2D eigenvalue weighted by atomic mass is 10.1. The summed E-state index contributed by atoms with van der Waals surface area (Å²) in [4.78, 5) is 20.0. The van der Waals surface area contributed by atoms with Crippen molar-refractivity contribution >= 4 is 37.7 Å². The number of nitrogens with one attached hydrogen (secondary N) is 1. The second-order valence-corrected chi connectivity index (χ2v) is 8.23. The van der Waals surface area contributed by atoms with Crippen molar-refractivity contribution in [1.82, 2.24) is 25.3 Å². The highest BCUT2D eigenvalue weighted by Crippen LogP contribution is 2.45. The SMILES string of the molecule is CCOc1nc(N2CCNCC2)nc2c1sc1nc(-c3ccccn3)cc(C(F)(F)F)c12. The standard InChI is InChI=1S/C21H19F3N6OS/c1-2-31-18-17-16(28-20(29-18)30-9-7-25-8-10-30)15-12(21(22,23)24)11-14(27-19(15)32-17)13-5-3-4-6-26-13/h3-6,11,25H,2,7-10H2,1H3. The third kappa shape index (κ3) is 3.71. The number of hydrogen-bond acceptors (Lipinski definition) is 8. The number of pyridine rings is 2. The van der Waals surface area contributed by atoms with Gasteiger partial charge in [-0.15, -0.1) is 11.3 Å². The van der Waals surface area contributed by atoms with Gasteiger partial charge in [0.1, 0.15) is 15.0 Å². The fraction of sp³-hybridized carbons (Fsp3) is 0.333. The Balaban J connectivity index is 1.80. The maximum atomic E-state index is 14.2. The normalized spacial score (nSPS) is 14.9. The summed E-state index contributed by atoms with van der Waals surface area (Å²) < 4.78 is 48.7. The van der Waals surface area contributed by atoms with E-state index in [0.717, 1.165) is 30.5 Å². The first-order valence-electron chi connectivity index (χ1n) is 10.2. The largest absolute Gasteiger partial charge is 0.477 e. The minimum absolute atomic E-state index is 0.0306.